The molecule has 2 aliphatic heterocycles. The van der Waals surface area contributed by atoms with Gasteiger partial charge in [0.25, 0.3) is 5.91 Å². The second-order valence-corrected chi connectivity index (χ2v) is 12.2. The van der Waals surface area contributed by atoms with Gasteiger partial charge >= 0.3 is 0 Å². The first-order chi connectivity index (χ1) is 24.9. The van der Waals surface area contributed by atoms with Gasteiger partial charge in [-0.1, -0.05) is 77.9 Å². The van der Waals surface area contributed by atoms with Gasteiger partial charge in [0.15, 0.2) is 23.0 Å². The molecule has 1 atom stereocenters. The van der Waals surface area contributed by atoms with E-state index in [9.17, 15) is 9.90 Å². The quantitative estimate of drug-likeness (QED) is 0.202. The number of hydrogen-bond donors (Lipinski definition) is 1. The third-order valence-corrected chi connectivity index (χ3v) is 9.64. The van der Waals surface area contributed by atoms with Crippen molar-refractivity contribution >= 4 is 5.91 Å². The van der Waals surface area contributed by atoms with Crippen molar-refractivity contribution < 1.29 is 28.8 Å². The fourth-order valence-corrected chi connectivity index (χ4v) is 6.94. The minimum absolute atomic E-state index is 0.0483. The standard InChI is InChI=1S/C37H48N2O6.3C2H6/c1-42-32-9-5-7-30(35(32)44-3)25-27-16-21-38(22-17-27)20-15-26-11-13-29(14-12-26)37(41)39-23-18-28(19-24-39)34(40)31-8-6-10-33(43-2)36(31)45-4;3*1-2/h5-14,27-28,34,40H,15-25H2,1-4H3;3*1-2H3. The number of nitrogens with zero attached hydrogens (tertiary/aromatic N) is 2. The van der Waals surface area contributed by atoms with E-state index < -0.39 is 6.10 Å². The summed E-state index contributed by atoms with van der Waals surface area (Å²) in [4.78, 5) is 17.8. The number of para-hydroxylation sites is 2. The highest BCUT2D eigenvalue weighted by atomic mass is 16.5. The van der Waals surface area contributed by atoms with E-state index in [4.69, 9.17) is 18.9 Å². The Hall–Kier alpha value is -3.75. The number of ether oxygens (including phenoxy) is 4. The molecule has 51 heavy (non-hydrogen) atoms. The van der Waals surface area contributed by atoms with E-state index in [-0.39, 0.29) is 11.8 Å². The van der Waals surface area contributed by atoms with Crippen molar-refractivity contribution in [2.24, 2.45) is 11.8 Å². The molecule has 0 aliphatic carbocycles. The first kappa shape index (κ1) is 43.4. The molecule has 3 aromatic rings. The molecule has 8 heteroatoms. The van der Waals surface area contributed by atoms with E-state index in [1.165, 1.54) is 24.0 Å². The third-order valence-electron chi connectivity index (χ3n) is 9.64. The first-order valence-corrected chi connectivity index (χ1v) is 19.1. The van der Waals surface area contributed by atoms with Crippen LogP contribution in [-0.2, 0) is 12.8 Å². The minimum Gasteiger partial charge on any atom is -0.493 e. The highest BCUT2D eigenvalue weighted by molar-refractivity contribution is 5.94. The van der Waals surface area contributed by atoms with Gasteiger partial charge in [-0.25, -0.2) is 0 Å². The average molecular weight is 707 g/mol. The molecule has 8 nitrogen and oxygen atoms in total. The van der Waals surface area contributed by atoms with Crippen LogP contribution in [0.1, 0.15) is 100 Å². The highest BCUT2D eigenvalue weighted by Crippen LogP contribution is 2.40. The predicted octanol–water partition coefficient (Wildman–Crippen LogP) is 8.88. The van der Waals surface area contributed by atoms with Crippen LogP contribution in [0.4, 0.5) is 0 Å². The molecule has 2 fully saturated rings. The summed E-state index contributed by atoms with van der Waals surface area (Å²) in [5.74, 6) is 3.59. The van der Waals surface area contributed by atoms with Gasteiger partial charge in [0.2, 0.25) is 0 Å². The van der Waals surface area contributed by atoms with Gasteiger partial charge in [-0.05, 0) is 98.8 Å². The number of methoxy groups -OCH3 is 4. The van der Waals surface area contributed by atoms with Crippen molar-refractivity contribution in [2.75, 3.05) is 61.2 Å². The summed E-state index contributed by atoms with van der Waals surface area (Å²) in [5.41, 5.74) is 3.93. The number of aliphatic hydroxyl groups excluding tert-OH is 1. The Morgan fingerprint density at radius 1 is 0.706 bits per heavy atom. The molecule has 0 radical (unpaired) electrons. The van der Waals surface area contributed by atoms with E-state index in [0.29, 0.717) is 30.5 Å². The van der Waals surface area contributed by atoms with E-state index in [2.05, 4.69) is 23.1 Å². The lowest BCUT2D eigenvalue weighted by atomic mass is 9.86. The Labute approximate surface area is 309 Å². The summed E-state index contributed by atoms with van der Waals surface area (Å²) in [6, 6.07) is 19.8. The molecule has 5 rings (SSSR count). The molecule has 2 saturated heterocycles. The number of amides is 1. The SMILES string of the molecule is CC.CC.CC.COc1cccc(CC2CCN(CCc3ccc(C(=O)N4CCC(C(O)c5cccc(OC)c5OC)CC4)cc3)CC2)c1OC. The maximum absolute atomic E-state index is 13.3. The number of carbonyl (C=O) groups is 1. The van der Waals surface area contributed by atoms with Crippen LogP contribution < -0.4 is 18.9 Å². The van der Waals surface area contributed by atoms with Crippen molar-refractivity contribution in [2.45, 2.75) is 86.2 Å². The van der Waals surface area contributed by atoms with Crippen molar-refractivity contribution in [3.63, 3.8) is 0 Å². The van der Waals surface area contributed by atoms with Crippen LogP contribution in [0.3, 0.4) is 0 Å². The van der Waals surface area contributed by atoms with Gasteiger partial charge in [-0.3, -0.25) is 4.79 Å². The van der Waals surface area contributed by atoms with Crippen LogP contribution in [0.5, 0.6) is 23.0 Å². The largest absolute Gasteiger partial charge is 0.493 e. The second-order valence-electron chi connectivity index (χ2n) is 12.2. The number of carbonyl (C=O) groups excluding carboxylic acids is 1. The molecule has 0 saturated carbocycles. The van der Waals surface area contributed by atoms with Crippen molar-refractivity contribution in [3.05, 3.63) is 82.9 Å². The van der Waals surface area contributed by atoms with Gasteiger partial charge in [0.1, 0.15) is 0 Å². The molecule has 0 bridgehead atoms. The first-order valence-electron chi connectivity index (χ1n) is 19.1. The highest BCUT2D eigenvalue weighted by Gasteiger charge is 2.31. The van der Waals surface area contributed by atoms with Gasteiger partial charge in [-0.2, -0.15) is 0 Å². The fourth-order valence-electron chi connectivity index (χ4n) is 6.94. The van der Waals surface area contributed by atoms with Crippen LogP contribution >= 0.6 is 0 Å². The molecule has 284 valence electrons. The van der Waals surface area contributed by atoms with E-state index in [1.54, 1.807) is 28.4 Å². The number of aliphatic hydroxyl groups is 1. The minimum atomic E-state index is -0.672. The zero-order chi connectivity index (χ0) is 37.8. The van der Waals surface area contributed by atoms with Crippen LogP contribution in [-0.4, -0.2) is 82.0 Å². The van der Waals surface area contributed by atoms with Gasteiger partial charge in [0.05, 0.1) is 34.5 Å². The lowest BCUT2D eigenvalue weighted by Crippen LogP contribution is -2.39. The molecule has 2 heterocycles. The summed E-state index contributed by atoms with van der Waals surface area (Å²) in [5, 5.41) is 11.2. The Kier molecular flexibility index (Phi) is 20.2. The molecule has 3 aromatic carbocycles. The van der Waals surface area contributed by atoms with Crippen LogP contribution in [0.2, 0.25) is 0 Å². The number of hydrogen-bond acceptors (Lipinski definition) is 7. The average Bonchev–Trinajstić information content (AvgIpc) is 3.22. The van der Waals surface area contributed by atoms with E-state index in [0.717, 1.165) is 67.9 Å². The molecular weight excluding hydrogens is 640 g/mol. The topological polar surface area (TPSA) is 80.7 Å². The Morgan fingerprint density at radius 3 is 1.80 bits per heavy atom. The summed E-state index contributed by atoms with van der Waals surface area (Å²) in [6.07, 6.45) is 5.13. The molecule has 1 amide bonds. The van der Waals surface area contributed by atoms with Crippen molar-refractivity contribution in [3.8, 4) is 23.0 Å². The summed E-state index contributed by atoms with van der Waals surface area (Å²) in [7, 11) is 6.58. The van der Waals surface area contributed by atoms with Crippen LogP contribution in [0, 0.1) is 11.8 Å². The maximum Gasteiger partial charge on any atom is 0.253 e. The monoisotopic (exact) mass is 706 g/mol. The Balaban J connectivity index is 0.00000143. The van der Waals surface area contributed by atoms with Crippen molar-refractivity contribution in [1.29, 1.82) is 0 Å². The fraction of sp³-hybridized carbons (Fsp3) is 0.558. The lowest BCUT2D eigenvalue weighted by Gasteiger charge is -2.35. The van der Waals surface area contributed by atoms with Crippen LogP contribution in [0.25, 0.3) is 0 Å². The molecule has 2 aliphatic rings. The zero-order valence-corrected chi connectivity index (χ0v) is 33.2. The van der Waals surface area contributed by atoms with E-state index in [1.807, 2.05) is 88.9 Å². The smallest absolute Gasteiger partial charge is 0.253 e. The summed E-state index contributed by atoms with van der Waals surface area (Å²) >= 11 is 0. The third kappa shape index (κ3) is 11.9. The predicted molar refractivity (Wildman–Crippen MR) is 210 cm³/mol. The molecular formula is C43H66N2O6. The number of benzene rings is 3. The van der Waals surface area contributed by atoms with E-state index >= 15 is 0 Å². The summed E-state index contributed by atoms with van der Waals surface area (Å²) in [6.45, 7) is 16.5. The normalized spacial score (nSPS) is 15.5. The van der Waals surface area contributed by atoms with Gasteiger partial charge in [-0.15, -0.1) is 0 Å². The second kappa shape index (κ2) is 23.7. The number of rotatable bonds is 12. The molecule has 1 unspecified atom stereocenters. The number of piperidine rings is 2. The van der Waals surface area contributed by atoms with Crippen molar-refractivity contribution in [1.82, 2.24) is 9.80 Å². The van der Waals surface area contributed by atoms with Gasteiger partial charge < -0.3 is 33.9 Å². The Bertz CT molecular complexity index is 1400. The maximum atomic E-state index is 13.3. The number of likely N-dealkylation sites (tertiary alicyclic amines) is 2. The van der Waals surface area contributed by atoms with Gasteiger partial charge in [0, 0.05) is 30.8 Å². The Morgan fingerprint density at radius 2 is 1.25 bits per heavy atom. The molecule has 1 N–H and O–H groups in total. The zero-order valence-electron chi connectivity index (χ0n) is 33.2. The molecule has 0 aromatic heterocycles. The summed E-state index contributed by atoms with van der Waals surface area (Å²) < 4.78 is 22.1. The lowest BCUT2D eigenvalue weighted by molar-refractivity contribution is 0.0452. The molecule has 0 spiro atoms. The van der Waals surface area contributed by atoms with Crippen LogP contribution in [0.15, 0.2) is 60.7 Å².